The van der Waals surface area contributed by atoms with Crippen molar-refractivity contribution >= 4 is 11.8 Å². The molecule has 0 atom stereocenters. The molecule has 0 spiro atoms. The standard InChI is InChI=1S/C5H6N2O3.C2H5NO.Y/c1-6-5(9)3-2-4(8)7-10-3;1-2(3)4;/h2H,1H3,(H,6,9)(H,7,8);1H3,(H2,3,4);/p-1. The molecule has 0 fully saturated rings. The Morgan fingerprint density at radius 2 is 2.07 bits per heavy atom. The van der Waals surface area contributed by atoms with Gasteiger partial charge in [-0.2, -0.15) is 0 Å². The Morgan fingerprint density at radius 1 is 1.60 bits per heavy atom. The topological polar surface area (TPSA) is 116 Å². The minimum atomic E-state index is -0.583. The maximum absolute atomic E-state index is 10.7. The Morgan fingerprint density at radius 3 is 2.33 bits per heavy atom. The number of hydrogen-bond donors (Lipinski definition) is 2. The van der Waals surface area contributed by atoms with Gasteiger partial charge in [0.2, 0.25) is 5.76 Å². The monoisotopic (exact) mass is 289 g/mol. The van der Waals surface area contributed by atoms with Crippen molar-refractivity contribution in [2.45, 2.75) is 6.92 Å². The first-order valence-electron chi connectivity index (χ1n) is 3.57. The molecule has 0 bridgehead atoms. The van der Waals surface area contributed by atoms with Crippen LogP contribution in [0.4, 0.5) is 0 Å². The van der Waals surface area contributed by atoms with Gasteiger partial charge in [-0.05, 0) is 12.1 Å². The number of aromatic nitrogens is 1. The summed E-state index contributed by atoms with van der Waals surface area (Å²) in [7, 11) is 1.46. The van der Waals surface area contributed by atoms with Gasteiger partial charge in [-0.1, -0.05) is 0 Å². The maximum Gasteiger partial charge on any atom is 0.289 e. The third-order valence-electron chi connectivity index (χ3n) is 0.949. The number of rotatable bonds is 1. The number of nitrogens with zero attached hydrogens (tertiary/aromatic N) is 1. The molecule has 0 unspecified atom stereocenters. The van der Waals surface area contributed by atoms with E-state index in [4.69, 9.17) is 15.6 Å². The molecule has 0 aliphatic heterocycles. The Bertz CT molecular complexity index is 322. The van der Waals surface area contributed by atoms with Gasteiger partial charge in [0.15, 0.2) is 0 Å². The summed E-state index contributed by atoms with van der Waals surface area (Å²) >= 11 is 0. The van der Waals surface area contributed by atoms with E-state index in [1.54, 1.807) is 0 Å². The van der Waals surface area contributed by atoms with Crippen molar-refractivity contribution in [1.82, 2.24) is 10.5 Å². The number of amides is 2. The fourth-order valence-electron chi connectivity index (χ4n) is 0.496. The zero-order valence-corrected chi connectivity index (χ0v) is 11.1. The molecule has 1 heterocycles. The number of carbonyl (C=O) groups excluding carboxylic acids is 2. The number of aromatic hydroxyl groups is 1. The molecule has 1 radical (unpaired) electrons. The zero-order chi connectivity index (χ0) is 11.1. The summed E-state index contributed by atoms with van der Waals surface area (Å²) in [6.45, 7) is 1.19. The minimum Gasteiger partial charge on any atom is -0.668 e. The van der Waals surface area contributed by atoms with Crippen molar-refractivity contribution < 1.29 is 51.9 Å². The normalized spacial score (nSPS) is 7.87. The molecule has 81 valence electrons. The predicted octanol–water partition coefficient (Wildman–Crippen LogP) is 0.322. The van der Waals surface area contributed by atoms with E-state index < -0.39 is 11.8 Å². The van der Waals surface area contributed by atoms with Crippen LogP contribution in [0.2, 0.25) is 0 Å². The van der Waals surface area contributed by atoms with Crippen LogP contribution in [-0.2, 0) is 37.5 Å². The Labute approximate surface area is 111 Å². The van der Waals surface area contributed by atoms with Crippen molar-refractivity contribution in [2.24, 2.45) is 0 Å². The summed E-state index contributed by atoms with van der Waals surface area (Å²) in [4.78, 5) is 19.8. The number of nitrogens with one attached hydrogen (secondary N) is 2. The quantitative estimate of drug-likeness (QED) is 0.772. The molecule has 0 aliphatic carbocycles. The summed E-state index contributed by atoms with van der Waals surface area (Å²) in [6, 6.07) is 1.14. The Kier molecular flexibility index (Phi) is 9.20. The molecule has 1 rings (SSSR count). The largest absolute Gasteiger partial charge is 0.668 e. The van der Waals surface area contributed by atoms with E-state index in [1.807, 2.05) is 0 Å². The summed E-state index contributed by atoms with van der Waals surface area (Å²) in [5, 5.41) is 14.0. The van der Waals surface area contributed by atoms with E-state index in [-0.39, 0.29) is 44.3 Å². The molecule has 0 saturated carbocycles. The molecule has 0 saturated heterocycles. The first-order chi connectivity index (χ1) is 6.47. The van der Waals surface area contributed by atoms with Gasteiger partial charge in [0.25, 0.3) is 11.8 Å². The second-order valence-corrected chi connectivity index (χ2v) is 2.18. The summed E-state index contributed by atoms with van der Waals surface area (Å²) in [6.07, 6.45) is 0. The van der Waals surface area contributed by atoms with Crippen LogP contribution in [0.3, 0.4) is 0 Å². The van der Waals surface area contributed by atoms with Gasteiger partial charge in [0.05, 0.1) is 6.07 Å². The van der Waals surface area contributed by atoms with Gasteiger partial charge in [0.1, 0.15) is 0 Å². The Hall–Kier alpha value is -0.946. The maximum atomic E-state index is 10.7. The minimum absolute atomic E-state index is 0. The molecule has 1 aromatic heterocycles. The van der Waals surface area contributed by atoms with Crippen LogP contribution in [0.15, 0.2) is 10.6 Å². The number of carbonyl (C=O) groups is 2. The van der Waals surface area contributed by atoms with E-state index >= 15 is 0 Å². The van der Waals surface area contributed by atoms with Crippen molar-refractivity contribution in [3.05, 3.63) is 17.6 Å². The van der Waals surface area contributed by atoms with Crippen molar-refractivity contribution in [3.63, 3.8) is 0 Å². The Balaban J connectivity index is 0. The fraction of sp³-hybridized carbons (Fsp3) is 0.286. The van der Waals surface area contributed by atoms with Gasteiger partial charge in [-0.3, -0.25) is 4.79 Å². The van der Waals surface area contributed by atoms with E-state index in [2.05, 4.69) is 15.0 Å². The average Bonchev–Trinajstić information content (AvgIpc) is 2.49. The van der Waals surface area contributed by atoms with Crippen LogP contribution in [0.1, 0.15) is 17.5 Å². The van der Waals surface area contributed by atoms with E-state index in [9.17, 15) is 4.79 Å². The van der Waals surface area contributed by atoms with Gasteiger partial charge in [-0.15, -0.1) is 0 Å². The molecule has 8 heteroatoms. The molecule has 2 amide bonds. The second-order valence-electron chi connectivity index (χ2n) is 2.18. The van der Waals surface area contributed by atoms with E-state index in [0.717, 1.165) is 6.07 Å². The summed E-state index contributed by atoms with van der Waals surface area (Å²) in [5.74, 6) is -1.29. The van der Waals surface area contributed by atoms with Crippen molar-refractivity contribution in [2.75, 3.05) is 7.05 Å². The van der Waals surface area contributed by atoms with Crippen molar-refractivity contribution in [3.8, 4) is 5.88 Å². The molecule has 7 nitrogen and oxygen atoms in total. The van der Waals surface area contributed by atoms with Crippen LogP contribution in [0.25, 0.3) is 5.73 Å². The first-order valence-corrected chi connectivity index (χ1v) is 3.57. The SMILES string of the molecule is CC([NH-])=O.CNC(=O)c1cc(O)no1.[Y]. The molecule has 15 heavy (non-hydrogen) atoms. The smallest absolute Gasteiger partial charge is 0.289 e. The van der Waals surface area contributed by atoms with Gasteiger partial charge < -0.3 is 25.5 Å². The number of hydrogen-bond acceptors (Lipinski definition) is 5. The summed E-state index contributed by atoms with van der Waals surface area (Å²) in [5.41, 5.74) is 5.94. The molecule has 1 aromatic rings. The third-order valence-corrected chi connectivity index (χ3v) is 0.949. The van der Waals surface area contributed by atoms with Crippen LogP contribution in [0, 0.1) is 0 Å². The fourth-order valence-corrected chi connectivity index (χ4v) is 0.496. The van der Waals surface area contributed by atoms with E-state index in [0.29, 0.717) is 0 Å². The summed E-state index contributed by atoms with van der Waals surface area (Å²) < 4.78 is 4.40. The van der Waals surface area contributed by atoms with Crippen LogP contribution in [0.5, 0.6) is 5.88 Å². The average molecular weight is 289 g/mol. The van der Waals surface area contributed by atoms with Gasteiger partial charge in [0, 0.05) is 45.7 Å². The van der Waals surface area contributed by atoms with Gasteiger partial charge >= 0.3 is 0 Å². The molecule has 3 N–H and O–H groups in total. The second kappa shape index (κ2) is 8.37. The van der Waals surface area contributed by atoms with Crippen LogP contribution in [-0.4, -0.2) is 29.1 Å². The van der Waals surface area contributed by atoms with Crippen LogP contribution < -0.4 is 5.32 Å². The zero-order valence-electron chi connectivity index (χ0n) is 8.27. The molecule has 0 aromatic carbocycles. The molecular weight excluding hydrogens is 279 g/mol. The van der Waals surface area contributed by atoms with Crippen molar-refractivity contribution in [1.29, 1.82) is 0 Å². The molecule has 0 aliphatic rings. The van der Waals surface area contributed by atoms with E-state index in [1.165, 1.54) is 14.0 Å². The molecular formula is C7H10N3O4Y-. The van der Waals surface area contributed by atoms with Gasteiger partial charge in [-0.25, -0.2) is 0 Å². The third kappa shape index (κ3) is 8.08. The first kappa shape index (κ1) is 16.5. The van der Waals surface area contributed by atoms with Crippen LogP contribution >= 0.6 is 0 Å². The predicted molar refractivity (Wildman–Crippen MR) is 46.6 cm³/mol.